The largest absolute Gasteiger partial charge is 0.368 e. The fourth-order valence-corrected chi connectivity index (χ4v) is 3.91. The van der Waals surface area contributed by atoms with Crippen molar-refractivity contribution in [1.82, 2.24) is 10.3 Å². The molecule has 0 radical (unpaired) electrons. The summed E-state index contributed by atoms with van der Waals surface area (Å²) in [6.07, 6.45) is 4.49. The van der Waals surface area contributed by atoms with Gasteiger partial charge in [-0.25, -0.2) is 13.8 Å². The van der Waals surface area contributed by atoms with Crippen LogP contribution in [0.25, 0.3) is 6.08 Å². The molecular formula is C26H26F2N4O. The Morgan fingerprint density at radius 3 is 2.39 bits per heavy atom. The van der Waals surface area contributed by atoms with E-state index in [2.05, 4.69) is 32.2 Å². The summed E-state index contributed by atoms with van der Waals surface area (Å²) < 4.78 is 26.6. The van der Waals surface area contributed by atoms with Crippen LogP contribution in [0.2, 0.25) is 0 Å². The molecule has 1 fully saturated rings. The van der Waals surface area contributed by atoms with Crippen molar-refractivity contribution in [2.75, 3.05) is 36.0 Å². The first-order valence-electron chi connectivity index (χ1n) is 10.9. The van der Waals surface area contributed by atoms with Crippen molar-refractivity contribution in [3.8, 4) is 0 Å². The lowest BCUT2D eigenvalue weighted by atomic mass is 10.1. The van der Waals surface area contributed by atoms with E-state index in [0.29, 0.717) is 5.56 Å². The quantitative estimate of drug-likeness (QED) is 0.561. The molecule has 170 valence electrons. The van der Waals surface area contributed by atoms with E-state index in [0.717, 1.165) is 49.3 Å². The zero-order valence-electron chi connectivity index (χ0n) is 18.4. The van der Waals surface area contributed by atoms with Gasteiger partial charge in [0.05, 0.1) is 6.04 Å². The molecule has 2 aromatic carbocycles. The highest BCUT2D eigenvalue weighted by atomic mass is 19.1. The molecule has 1 aromatic heterocycles. The zero-order valence-corrected chi connectivity index (χ0v) is 18.4. The number of hydrogen-bond donors (Lipinski definition) is 1. The lowest BCUT2D eigenvalue weighted by Crippen LogP contribution is -2.46. The van der Waals surface area contributed by atoms with E-state index in [4.69, 9.17) is 0 Å². The Hall–Kier alpha value is -3.74. The van der Waals surface area contributed by atoms with E-state index in [1.54, 1.807) is 0 Å². The molecule has 1 unspecified atom stereocenters. The van der Waals surface area contributed by atoms with Gasteiger partial charge >= 0.3 is 0 Å². The molecule has 1 aliphatic heterocycles. The molecule has 1 atom stereocenters. The second-order valence-electron chi connectivity index (χ2n) is 8.02. The topological polar surface area (TPSA) is 48.5 Å². The molecule has 0 saturated carbocycles. The van der Waals surface area contributed by atoms with Crippen LogP contribution in [0.5, 0.6) is 0 Å². The number of anilines is 2. The van der Waals surface area contributed by atoms with Gasteiger partial charge < -0.3 is 15.1 Å². The Bertz CT molecular complexity index is 1110. The van der Waals surface area contributed by atoms with Crippen LogP contribution in [0.3, 0.4) is 0 Å². The van der Waals surface area contributed by atoms with E-state index in [9.17, 15) is 13.6 Å². The van der Waals surface area contributed by atoms with Crippen molar-refractivity contribution in [2.24, 2.45) is 0 Å². The van der Waals surface area contributed by atoms with Gasteiger partial charge in [0, 0.05) is 50.2 Å². The van der Waals surface area contributed by atoms with Gasteiger partial charge in [0.2, 0.25) is 5.91 Å². The first kappa shape index (κ1) is 22.5. The van der Waals surface area contributed by atoms with E-state index in [1.165, 1.54) is 24.3 Å². The van der Waals surface area contributed by atoms with Crippen molar-refractivity contribution < 1.29 is 13.6 Å². The number of aromatic nitrogens is 1. The minimum Gasteiger partial charge on any atom is -0.368 e. The number of carbonyl (C=O) groups is 1. The third kappa shape index (κ3) is 5.94. The number of hydrogen-bond acceptors (Lipinski definition) is 4. The SMILES string of the molecule is CC(NC(=O)/C=C/c1cc(F)cc(F)c1)c1cccc(N2CCN(c3ccccn3)CC2)c1. The Morgan fingerprint density at radius 1 is 0.970 bits per heavy atom. The van der Waals surface area contributed by atoms with Crippen LogP contribution in [0, 0.1) is 11.6 Å². The summed E-state index contributed by atoms with van der Waals surface area (Å²) in [7, 11) is 0. The molecule has 0 aliphatic carbocycles. The maximum Gasteiger partial charge on any atom is 0.244 e. The van der Waals surface area contributed by atoms with E-state index < -0.39 is 11.6 Å². The van der Waals surface area contributed by atoms with Gasteiger partial charge in [-0.2, -0.15) is 0 Å². The van der Waals surface area contributed by atoms with Crippen molar-refractivity contribution in [2.45, 2.75) is 13.0 Å². The van der Waals surface area contributed by atoms with Crippen molar-refractivity contribution >= 4 is 23.5 Å². The highest BCUT2D eigenvalue weighted by Gasteiger charge is 2.19. The van der Waals surface area contributed by atoms with Crippen LogP contribution in [0.1, 0.15) is 24.1 Å². The molecule has 1 N–H and O–H groups in total. The number of benzene rings is 2. The summed E-state index contributed by atoms with van der Waals surface area (Å²) in [6, 6.07) is 17.0. The van der Waals surface area contributed by atoms with Gasteiger partial charge in [0.25, 0.3) is 0 Å². The molecule has 4 rings (SSSR count). The van der Waals surface area contributed by atoms with E-state index >= 15 is 0 Å². The van der Waals surface area contributed by atoms with Crippen LogP contribution < -0.4 is 15.1 Å². The average Bonchev–Trinajstić information content (AvgIpc) is 2.83. The maximum absolute atomic E-state index is 13.3. The van der Waals surface area contributed by atoms with Gasteiger partial charge in [0.15, 0.2) is 0 Å². The number of nitrogens with zero attached hydrogens (tertiary/aromatic N) is 3. The molecule has 33 heavy (non-hydrogen) atoms. The van der Waals surface area contributed by atoms with Crippen LogP contribution in [0.4, 0.5) is 20.3 Å². The van der Waals surface area contributed by atoms with Gasteiger partial charge in [-0.05, 0) is 60.5 Å². The number of amides is 1. The first-order chi connectivity index (χ1) is 16.0. The predicted octanol–water partition coefficient (Wildman–Crippen LogP) is 4.58. The second-order valence-corrected chi connectivity index (χ2v) is 8.02. The Kier molecular flexibility index (Phi) is 6.98. The van der Waals surface area contributed by atoms with Gasteiger partial charge in [-0.3, -0.25) is 4.79 Å². The van der Waals surface area contributed by atoms with Crippen molar-refractivity contribution in [3.05, 3.63) is 95.7 Å². The second kappa shape index (κ2) is 10.3. The third-order valence-electron chi connectivity index (χ3n) is 5.66. The molecular weight excluding hydrogens is 422 g/mol. The summed E-state index contributed by atoms with van der Waals surface area (Å²) in [5, 5.41) is 2.91. The van der Waals surface area contributed by atoms with Gasteiger partial charge in [-0.1, -0.05) is 18.2 Å². The van der Waals surface area contributed by atoms with Crippen LogP contribution >= 0.6 is 0 Å². The Labute approximate surface area is 192 Å². The third-order valence-corrected chi connectivity index (χ3v) is 5.66. The zero-order chi connectivity index (χ0) is 23.2. The minimum atomic E-state index is -0.680. The summed E-state index contributed by atoms with van der Waals surface area (Å²) >= 11 is 0. The number of piperazine rings is 1. The summed E-state index contributed by atoms with van der Waals surface area (Å²) in [6.45, 7) is 5.45. The Morgan fingerprint density at radius 2 is 1.70 bits per heavy atom. The molecule has 3 aromatic rings. The van der Waals surface area contributed by atoms with Gasteiger partial charge in [0.1, 0.15) is 17.5 Å². The lowest BCUT2D eigenvalue weighted by Gasteiger charge is -2.37. The number of rotatable bonds is 6. The van der Waals surface area contributed by atoms with Crippen molar-refractivity contribution in [1.29, 1.82) is 0 Å². The monoisotopic (exact) mass is 448 g/mol. The highest BCUT2D eigenvalue weighted by molar-refractivity contribution is 5.92. The molecule has 1 amide bonds. The van der Waals surface area contributed by atoms with Crippen LogP contribution in [0.15, 0.2) is 72.9 Å². The molecule has 5 nitrogen and oxygen atoms in total. The smallest absolute Gasteiger partial charge is 0.244 e. The molecule has 1 saturated heterocycles. The molecule has 7 heteroatoms. The fourth-order valence-electron chi connectivity index (χ4n) is 3.91. The summed E-state index contributed by atoms with van der Waals surface area (Å²) in [5.41, 5.74) is 2.39. The average molecular weight is 449 g/mol. The number of nitrogens with one attached hydrogen (secondary N) is 1. The molecule has 1 aliphatic rings. The van der Waals surface area contributed by atoms with Crippen molar-refractivity contribution in [3.63, 3.8) is 0 Å². The standard InChI is InChI=1S/C26H26F2N4O/c1-19(30-26(33)9-8-20-15-22(27)18-23(28)16-20)21-5-4-6-24(17-21)31-11-13-32(14-12-31)25-7-2-3-10-29-25/h2-10,15-19H,11-14H2,1H3,(H,30,33)/b9-8+. The predicted molar refractivity (Wildman–Crippen MR) is 127 cm³/mol. The fraction of sp³-hybridized carbons (Fsp3) is 0.231. The molecule has 2 heterocycles. The molecule has 0 bridgehead atoms. The highest BCUT2D eigenvalue weighted by Crippen LogP contribution is 2.23. The number of carbonyl (C=O) groups excluding carboxylic acids is 1. The maximum atomic E-state index is 13.3. The first-order valence-corrected chi connectivity index (χ1v) is 10.9. The molecule has 0 spiro atoms. The Balaban J connectivity index is 1.35. The number of pyridine rings is 1. The van der Waals surface area contributed by atoms with E-state index in [-0.39, 0.29) is 11.9 Å². The van der Waals surface area contributed by atoms with Crippen LogP contribution in [-0.2, 0) is 4.79 Å². The lowest BCUT2D eigenvalue weighted by molar-refractivity contribution is -0.117. The normalized spacial score (nSPS) is 15.0. The number of halogens is 2. The van der Waals surface area contributed by atoms with Gasteiger partial charge in [-0.15, -0.1) is 0 Å². The summed E-state index contributed by atoms with van der Waals surface area (Å²) in [5.74, 6) is -0.694. The van der Waals surface area contributed by atoms with E-state index in [1.807, 2.05) is 43.5 Å². The van der Waals surface area contributed by atoms with Crippen LogP contribution in [-0.4, -0.2) is 37.1 Å². The summed E-state index contributed by atoms with van der Waals surface area (Å²) in [4.78, 5) is 21.4. The minimum absolute atomic E-state index is 0.221.